The summed E-state index contributed by atoms with van der Waals surface area (Å²) in [6.45, 7) is 0. The first kappa shape index (κ1) is 16.4. The van der Waals surface area contributed by atoms with Gasteiger partial charge in [0.05, 0.1) is 17.2 Å². The van der Waals surface area contributed by atoms with Crippen molar-refractivity contribution in [1.29, 1.82) is 10.5 Å². The molecule has 0 amide bonds. The van der Waals surface area contributed by atoms with E-state index < -0.39 is 11.2 Å². The third kappa shape index (κ3) is 3.00. The third-order valence-corrected chi connectivity index (χ3v) is 4.68. The highest BCUT2D eigenvalue weighted by atomic mass is 16.2. The van der Waals surface area contributed by atoms with Crippen molar-refractivity contribution in [2.75, 3.05) is 0 Å². The molecule has 2 atom stereocenters. The maximum atomic E-state index is 12.0. The topological polar surface area (TPSA) is 139 Å². The Morgan fingerprint density at radius 1 is 1.04 bits per heavy atom. The Labute approximate surface area is 152 Å². The highest BCUT2D eigenvalue weighted by Gasteiger charge is 2.41. The van der Waals surface area contributed by atoms with Crippen LogP contribution in [0.3, 0.4) is 0 Å². The second-order valence-electron chi connectivity index (χ2n) is 6.31. The average molecular weight is 356 g/mol. The van der Waals surface area contributed by atoms with Gasteiger partial charge in [-0.2, -0.15) is 10.5 Å². The van der Waals surface area contributed by atoms with Crippen molar-refractivity contribution < 1.29 is 0 Å². The molecule has 1 aromatic carbocycles. The van der Waals surface area contributed by atoms with E-state index in [-0.39, 0.29) is 23.1 Å². The lowest BCUT2D eigenvalue weighted by molar-refractivity contribution is 0.934. The van der Waals surface area contributed by atoms with E-state index in [1.807, 2.05) is 18.2 Å². The molecule has 0 spiro atoms. The van der Waals surface area contributed by atoms with Crippen LogP contribution in [0, 0.1) is 22.7 Å². The average Bonchev–Trinajstić information content (AvgIpc) is 3.48. The third-order valence-electron chi connectivity index (χ3n) is 4.68. The molecular formula is C19H12N6O2. The number of aromatic nitrogens is 4. The summed E-state index contributed by atoms with van der Waals surface area (Å²) < 4.78 is 0. The largest absolute Gasteiger partial charge is 0.325 e. The minimum absolute atomic E-state index is 0.0867. The summed E-state index contributed by atoms with van der Waals surface area (Å²) >= 11 is 0. The van der Waals surface area contributed by atoms with E-state index in [9.17, 15) is 14.9 Å². The number of aromatic amines is 2. The van der Waals surface area contributed by atoms with Gasteiger partial charge in [0.2, 0.25) is 0 Å². The van der Waals surface area contributed by atoms with Gasteiger partial charge >= 0.3 is 5.69 Å². The molecule has 0 unspecified atom stereocenters. The minimum atomic E-state index is -0.603. The molecule has 1 fully saturated rings. The van der Waals surface area contributed by atoms with Crippen molar-refractivity contribution in [3.8, 4) is 23.4 Å². The van der Waals surface area contributed by atoms with Crippen LogP contribution in [0.25, 0.3) is 11.3 Å². The molecule has 2 N–H and O–H groups in total. The molecule has 130 valence electrons. The number of nitrogens with one attached hydrogen (secondary N) is 2. The second kappa shape index (κ2) is 6.36. The van der Waals surface area contributed by atoms with Crippen molar-refractivity contribution in [2.24, 2.45) is 0 Å². The fraction of sp³-hybridized carbons (Fsp3) is 0.158. The molecule has 0 saturated heterocycles. The maximum Gasteiger partial charge on any atom is 0.325 e. The molecule has 1 saturated carbocycles. The van der Waals surface area contributed by atoms with Crippen LogP contribution in [0.4, 0.5) is 0 Å². The van der Waals surface area contributed by atoms with Crippen molar-refractivity contribution in [3.63, 3.8) is 0 Å². The molecule has 0 bridgehead atoms. The monoisotopic (exact) mass is 356 g/mol. The Morgan fingerprint density at radius 2 is 1.81 bits per heavy atom. The van der Waals surface area contributed by atoms with Crippen molar-refractivity contribution in [3.05, 3.63) is 79.8 Å². The Kier molecular flexibility index (Phi) is 3.87. The van der Waals surface area contributed by atoms with E-state index >= 15 is 0 Å². The summed E-state index contributed by atoms with van der Waals surface area (Å²) in [7, 11) is 0. The Balaban J connectivity index is 1.70. The van der Waals surface area contributed by atoms with Gasteiger partial charge in [0.25, 0.3) is 5.56 Å². The lowest BCUT2D eigenvalue weighted by Gasteiger charge is -2.06. The number of benzene rings is 1. The quantitative estimate of drug-likeness (QED) is 0.729. The zero-order chi connectivity index (χ0) is 19.0. The first-order valence-electron chi connectivity index (χ1n) is 8.21. The summed E-state index contributed by atoms with van der Waals surface area (Å²) in [5, 5.41) is 26.2. The van der Waals surface area contributed by atoms with Gasteiger partial charge in [-0.15, -0.1) is 10.2 Å². The highest BCUT2D eigenvalue weighted by Crippen LogP contribution is 2.55. The van der Waals surface area contributed by atoms with E-state index in [1.165, 1.54) is 6.20 Å². The van der Waals surface area contributed by atoms with E-state index in [0.29, 0.717) is 11.3 Å². The molecule has 8 nitrogen and oxygen atoms in total. The number of hydrogen-bond acceptors (Lipinski definition) is 6. The fourth-order valence-electron chi connectivity index (χ4n) is 3.22. The molecule has 2 aromatic heterocycles. The molecule has 3 aromatic rings. The summed E-state index contributed by atoms with van der Waals surface area (Å²) in [5.41, 5.74) is 1.94. The van der Waals surface area contributed by atoms with Crippen LogP contribution in [0.5, 0.6) is 0 Å². The molecule has 1 aliphatic carbocycles. The zero-order valence-corrected chi connectivity index (χ0v) is 13.9. The van der Waals surface area contributed by atoms with E-state index in [1.54, 1.807) is 18.2 Å². The standard InChI is InChI=1S/C19H12N6O2/c20-7-10-1-3-11(4-2-10)12-5-13(12)14-6-16(24-25-17(14)8-21)15-9-22-19(27)23-18(15)26/h1-4,6,9,12-13H,5H2,(H2,22,23,26,27)/t12-,13+/m1/s1. The number of rotatable bonds is 3. The Hall–Kier alpha value is -4.04. The SMILES string of the molecule is N#Cc1ccc([C@H]2C[C@@H]2c2cc(-c3c[nH]c(=O)[nH]c3=O)nnc2C#N)cc1. The smallest absolute Gasteiger partial charge is 0.313 e. The van der Waals surface area contributed by atoms with Crippen molar-refractivity contribution >= 4 is 0 Å². The van der Waals surface area contributed by atoms with Crippen LogP contribution in [0.1, 0.15) is 40.6 Å². The second-order valence-corrected chi connectivity index (χ2v) is 6.31. The molecule has 27 heavy (non-hydrogen) atoms. The van der Waals surface area contributed by atoms with Crippen molar-refractivity contribution in [1.82, 2.24) is 20.2 Å². The molecule has 0 radical (unpaired) electrons. The first-order chi connectivity index (χ1) is 13.1. The number of nitrogens with zero attached hydrogens (tertiary/aromatic N) is 4. The van der Waals surface area contributed by atoms with Gasteiger partial charge in [-0.3, -0.25) is 9.78 Å². The summed E-state index contributed by atoms with van der Waals surface area (Å²) in [6.07, 6.45) is 2.12. The molecule has 8 heteroatoms. The predicted molar refractivity (Wildman–Crippen MR) is 94.7 cm³/mol. The molecule has 2 heterocycles. The molecule has 0 aliphatic heterocycles. The van der Waals surface area contributed by atoms with Gasteiger partial charge in [-0.05, 0) is 47.6 Å². The summed E-state index contributed by atoms with van der Waals surface area (Å²) in [4.78, 5) is 27.8. The molecular weight excluding hydrogens is 344 g/mol. The van der Waals surface area contributed by atoms with Gasteiger partial charge in [0, 0.05) is 6.20 Å². The fourth-order valence-corrected chi connectivity index (χ4v) is 3.22. The Bertz CT molecular complexity index is 1230. The number of H-pyrrole nitrogens is 2. The first-order valence-corrected chi connectivity index (χ1v) is 8.21. The van der Waals surface area contributed by atoms with E-state index in [2.05, 4.69) is 26.2 Å². The lowest BCUT2D eigenvalue weighted by atomic mass is 10.0. The van der Waals surface area contributed by atoms with Gasteiger partial charge in [-0.1, -0.05) is 12.1 Å². The van der Waals surface area contributed by atoms with Crippen LogP contribution in [0.2, 0.25) is 0 Å². The van der Waals surface area contributed by atoms with E-state index in [4.69, 9.17) is 5.26 Å². The molecule has 1 aliphatic rings. The van der Waals surface area contributed by atoms with Gasteiger partial charge in [0.1, 0.15) is 11.8 Å². The normalized spacial score (nSPS) is 17.7. The van der Waals surface area contributed by atoms with Crippen LogP contribution in [-0.2, 0) is 0 Å². The number of nitriles is 2. The highest BCUT2D eigenvalue weighted by molar-refractivity contribution is 5.59. The van der Waals surface area contributed by atoms with Gasteiger partial charge in [0.15, 0.2) is 5.69 Å². The van der Waals surface area contributed by atoms with E-state index in [0.717, 1.165) is 17.5 Å². The van der Waals surface area contributed by atoms with Crippen LogP contribution in [0.15, 0.2) is 46.1 Å². The van der Waals surface area contributed by atoms with Gasteiger partial charge in [-0.25, -0.2) is 4.79 Å². The Morgan fingerprint density at radius 3 is 2.48 bits per heavy atom. The summed E-state index contributed by atoms with van der Waals surface area (Å²) in [5.74, 6) is 0.305. The van der Waals surface area contributed by atoms with Crippen LogP contribution in [-0.4, -0.2) is 20.2 Å². The molecule has 4 rings (SSSR count). The number of hydrogen-bond donors (Lipinski definition) is 2. The maximum absolute atomic E-state index is 12.0. The lowest BCUT2D eigenvalue weighted by Crippen LogP contribution is -2.23. The van der Waals surface area contributed by atoms with Crippen LogP contribution >= 0.6 is 0 Å². The van der Waals surface area contributed by atoms with Crippen LogP contribution < -0.4 is 11.2 Å². The predicted octanol–water partition coefficient (Wildman–Crippen LogP) is 1.53. The minimum Gasteiger partial charge on any atom is -0.313 e. The summed E-state index contributed by atoms with van der Waals surface area (Å²) in [6, 6.07) is 13.2. The zero-order valence-electron chi connectivity index (χ0n) is 13.9. The van der Waals surface area contributed by atoms with Gasteiger partial charge < -0.3 is 4.98 Å². The van der Waals surface area contributed by atoms with Crippen molar-refractivity contribution in [2.45, 2.75) is 18.3 Å².